The van der Waals surface area contributed by atoms with E-state index < -0.39 is 5.82 Å². The van der Waals surface area contributed by atoms with Crippen LogP contribution in [-0.2, 0) is 11.2 Å². The summed E-state index contributed by atoms with van der Waals surface area (Å²) >= 11 is 5.77. The molecule has 0 aliphatic carbocycles. The normalized spacial score (nSPS) is 12.7. The third-order valence-electron chi connectivity index (χ3n) is 4.34. The molecular formula is C23H27ClFN3O. The van der Waals surface area contributed by atoms with Crippen molar-refractivity contribution in [3.63, 3.8) is 0 Å². The van der Waals surface area contributed by atoms with E-state index in [1.807, 2.05) is 38.1 Å². The van der Waals surface area contributed by atoms with E-state index in [4.69, 9.17) is 11.6 Å². The summed E-state index contributed by atoms with van der Waals surface area (Å²) in [6.07, 6.45) is 3.21. The van der Waals surface area contributed by atoms with Crippen molar-refractivity contribution in [1.29, 1.82) is 0 Å². The molecule has 2 aromatic rings. The molecule has 4 nitrogen and oxygen atoms in total. The number of halogens is 2. The SMILES string of the molecule is CC(=N/C(C)=C\c1ccc(NC(C)(C)Cc2ccc(Cl)c(F)c2)c(C)c1)NC=O. The molecule has 154 valence electrons. The fourth-order valence-corrected chi connectivity index (χ4v) is 3.26. The molecule has 0 bridgehead atoms. The molecule has 0 aliphatic heterocycles. The van der Waals surface area contributed by atoms with Crippen LogP contribution in [0.15, 0.2) is 47.1 Å². The number of aliphatic imine (C=N–C) groups is 1. The molecule has 1 amide bonds. The van der Waals surface area contributed by atoms with Crippen LogP contribution in [0.1, 0.15) is 44.4 Å². The highest BCUT2D eigenvalue weighted by Gasteiger charge is 2.19. The number of carbonyl (C=O) groups is 1. The van der Waals surface area contributed by atoms with Crippen molar-refractivity contribution in [3.05, 3.63) is 69.6 Å². The molecule has 2 N–H and O–H groups in total. The summed E-state index contributed by atoms with van der Waals surface area (Å²) in [5, 5.41) is 6.20. The first-order valence-corrected chi connectivity index (χ1v) is 9.74. The van der Waals surface area contributed by atoms with Gasteiger partial charge < -0.3 is 10.6 Å². The minimum absolute atomic E-state index is 0.135. The number of amidine groups is 1. The second-order valence-electron chi connectivity index (χ2n) is 7.75. The number of hydrogen-bond donors (Lipinski definition) is 2. The van der Waals surface area contributed by atoms with Crippen molar-refractivity contribution < 1.29 is 9.18 Å². The Bertz CT molecular complexity index is 951. The predicted octanol–water partition coefficient (Wildman–Crippen LogP) is 5.75. The van der Waals surface area contributed by atoms with Crippen LogP contribution in [0.5, 0.6) is 0 Å². The molecule has 0 heterocycles. The lowest BCUT2D eigenvalue weighted by Gasteiger charge is -2.29. The quantitative estimate of drug-likeness (QED) is 0.344. The Hall–Kier alpha value is -2.66. The van der Waals surface area contributed by atoms with Gasteiger partial charge in [0.15, 0.2) is 0 Å². The number of aryl methyl sites for hydroxylation is 1. The number of anilines is 1. The Labute approximate surface area is 176 Å². The van der Waals surface area contributed by atoms with Gasteiger partial charge in [-0.25, -0.2) is 9.38 Å². The Morgan fingerprint density at radius 3 is 2.55 bits per heavy atom. The van der Waals surface area contributed by atoms with Crippen molar-refractivity contribution in [1.82, 2.24) is 5.32 Å². The van der Waals surface area contributed by atoms with Crippen molar-refractivity contribution in [2.45, 2.75) is 46.6 Å². The van der Waals surface area contributed by atoms with Gasteiger partial charge in [-0.3, -0.25) is 4.79 Å². The number of nitrogens with one attached hydrogen (secondary N) is 2. The lowest BCUT2D eigenvalue weighted by atomic mass is 9.94. The third-order valence-corrected chi connectivity index (χ3v) is 4.65. The largest absolute Gasteiger partial charge is 0.380 e. The molecule has 0 aliphatic rings. The van der Waals surface area contributed by atoms with Gasteiger partial charge in [-0.15, -0.1) is 0 Å². The maximum atomic E-state index is 13.7. The maximum Gasteiger partial charge on any atom is 0.212 e. The number of allylic oxidation sites excluding steroid dienone is 1. The van der Waals surface area contributed by atoms with E-state index in [9.17, 15) is 9.18 Å². The first-order valence-electron chi connectivity index (χ1n) is 9.36. The van der Waals surface area contributed by atoms with Gasteiger partial charge in [0.2, 0.25) is 6.41 Å². The van der Waals surface area contributed by atoms with Gasteiger partial charge in [-0.1, -0.05) is 23.7 Å². The van der Waals surface area contributed by atoms with Gasteiger partial charge in [0.25, 0.3) is 0 Å². The van der Waals surface area contributed by atoms with Crippen LogP contribution in [0.3, 0.4) is 0 Å². The standard InChI is InChI=1S/C23H27ClFN3O/c1-15-10-18(11-16(2)27-17(3)26-14-29)7-9-22(15)28-23(4,5)13-19-6-8-20(24)21(25)12-19/h6-12,14,28H,13H2,1-5H3,(H,26,27,29)/b16-11-. The zero-order chi connectivity index (χ0) is 21.6. The summed E-state index contributed by atoms with van der Waals surface area (Å²) in [6, 6.07) is 11.0. The molecule has 0 aromatic heterocycles. The molecule has 2 rings (SSSR count). The van der Waals surface area contributed by atoms with Crippen molar-refractivity contribution in [2.24, 2.45) is 4.99 Å². The van der Waals surface area contributed by atoms with E-state index in [0.717, 1.165) is 28.1 Å². The third kappa shape index (κ3) is 7.02. The van der Waals surface area contributed by atoms with Crippen LogP contribution in [0, 0.1) is 12.7 Å². The topological polar surface area (TPSA) is 53.5 Å². The number of hydrogen-bond acceptors (Lipinski definition) is 3. The number of amides is 1. The Morgan fingerprint density at radius 2 is 1.93 bits per heavy atom. The average molecular weight is 416 g/mol. The fourth-order valence-electron chi connectivity index (χ4n) is 3.14. The summed E-state index contributed by atoms with van der Waals surface area (Å²) in [7, 11) is 0. The van der Waals surface area contributed by atoms with E-state index in [1.165, 1.54) is 6.07 Å². The monoisotopic (exact) mass is 415 g/mol. The van der Waals surface area contributed by atoms with E-state index in [2.05, 4.69) is 35.5 Å². The molecule has 0 saturated carbocycles. The lowest BCUT2D eigenvalue weighted by molar-refractivity contribution is -0.108. The molecular weight excluding hydrogens is 389 g/mol. The molecule has 0 spiro atoms. The van der Waals surface area contributed by atoms with Crippen LogP contribution in [0.4, 0.5) is 10.1 Å². The van der Waals surface area contributed by atoms with Crippen LogP contribution >= 0.6 is 11.6 Å². The van der Waals surface area contributed by atoms with E-state index in [0.29, 0.717) is 18.7 Å². The smallest absolute Gasteiger partial charge is 0.212 e. The Morgan fingerprint density at radius 1 is 1.21 bits per heavy atom. The minimum atomic E-state index is -0.399. The van der Waals surface area contributed by atoms with Gasteiger partial charge in [0.05, 0.1) is 5.02 Å². The molecule has 0 saturated heterocycles. The summed E-state index contributed by atoms with van der Waals surface area (Å²) in [5.41, 5.74) is 4.53. The van der Waals surface area contributed by atoms with Crippen LogP contribution < -0.4 is 10.6 Å². The molecule has 0 fully saturated rings. The summed E-state index contributed by atoms with van der Waals surface area (Å²) in [6.45, 7) is 9.81. The zero-order valence-electron chi connectivity index (χ0n) is 17.4. The molecule has 29 heavy (non-hydrogen) atoms. The van der Waals surface area contributed by atoms with Gasteiger partial charge >= 0.3 is 0 Å². The van der Waals surface area contributed by atoms with Gasteiger partial charge in [0.1, 0.15) is 11.7 Å². The number of nitrogens with zero attached hydrogens (tertiary/aromatic N) is 1. The van der Waals surface area contributed by atoms with E-state index in [1.54, 1.807) is 13.0 Å². The Kier molecular flexibility index (Phi) is 7.57. The van der Waals surface area contributed by atoms with Gasteiger partial charge in [0, 0.05) is 16.9 Å². The van der Waals surface area contributed by atoms with Crippen molar-refractivity contribution in [2.75, 3.05) is 5.32 Å². The molecule has 0 atom stereocenters. The summed E-state index contributed by atoms with van der Waals surface area (Å²) < 4.78 is 13.7. The summed E-state index contributed by atoms with van der Waals surface area (Å²) in [4.78, 5) is 14.8. The minimum Gasteiger partial charge on any atom is -0.380 e. The highest BCUT2D eigenvalue weighted by molar-refractivity contribution is 6.30. The second-order valence-corrected chi connectivity index (χ2v) is 8.16. The van der Waals surface area contributed by atoms with Crippen molar-refractivity contribution in [3.8, 4) is 0 Å². The maximum absolute atomic E-state index is 13.7. The van der Waals surface area contributed by atoms with Gasteiger partial charge in [-0.2, -0.15) is 0 Å². The molecule has 6 heteroatoms. The van der Waals surface area contributed by atoms with Crippen LogP contribution in [-0.4, -0.2) is 17.8 Å². The zero-order valence-corrected chi connectivity index (χ0v) is 18.2. The Balaban J connectivity index is 2.14. The number of benzene rings is 2. The molecule has 0 radical (unpaired) electrons. The van der Waals surface area contributed by atoms with Gasteiger partial charge in [-0.05, 0) is 88.1 Å². The predicted molar refractivity (Wildman–Crippen MR) is 120 cm³/mol. The highest BCUT2D eigenvalue weighted by Crippen LogP contribution is 2.25. The first-order chi connectivity index (χ1) is 13.6. The molecule has 0 unspecified atom stereocenters. The number of rotatable bonds is 7. The van der Waals surface area contributed by atoms with E-state index >= 15 is 0 Å². The van der Waals surface area contributed by atoms with Crippen LogP contribution in [0.25, 0.3) is 6.08 Å². The summed E-state index contributed by atoms with van der Waals surface area (Å²) in [5.74, 6) is 0.146. The number of carbonyl (C=O) groups excluding carboxylic acids is 1. The van der Waals surface area contributed by atoms with Crippen molar-refractivity contribution >= 4 is 35.6 Å². The second kappa shape index (κ2) is 9.70. The lowest BCUT2D eigenvalue weighted by Crippen LogP contribution is -2.33. The van der Waals surface area contributed by atoms with Crippen LogP contribution in [0.2, 0.25) is 5.02 Å². The molecule has 2 aromatic carbocycles. The highest BCUT2D eigenvalue weighted by atomic mass is 35.5. The fraction of sp³-hybridized carbons (Fsp3) is 0.304. The first kappa shape index (κ1) is 22.6. The average Bonchev–Trinajstić information content (AvgIpc) is 2.60. The van der Waals surface area contributed by atoms with E-state index in [-0.39, 0.29) is 10.6 Å².